The number of rotatable bonds is 9. The Morgan fingerprint density at radius 2 is 0.895 bits per heavy atom. The Kier molecular flexibility index (Phi) is 24.0. The van der Waals surface area contributed by atoms with Gasteiger partial charge in [0.25, 0.3) is 0 Å². The van der Waals surface area contributed by atoms with Crippen LogP contribution in [0.5, 0.6) is 5.75 Å². The molecule has 0 fully saturated rings. The zero-order valence-corrected chi connectivity index (χ0v) is 26.4. The minimum absolute atomic E-state index is 0. The van der Waals surface area contributed by atoms with Crippen LogP contribution in [-0.2, 0) is 6.16 Å². The van der Waals surface area contributed by atoms with Crippen molar-refractivity contribution in [2.45, 2.75) is 25.9 Å². The van der Waals surface area contributed by atoms with Crippen LogP contribution in [-0.4, -0.2) is 31.0 Å². The number of halogens is 6. The Labute approximate surface area is 239 Å². The van der Waals surface area contributed by atoms with Crippen LogP contribution in [0.3, 0.4) is 0 Å². The molecular weight excluding hydrogens is 631 g/mol. The summed E-state index contributed by atoms with van der Waals surface area (Å²) in [6.07, 6.45) is 3.26. The van der Waals surface area contributed by atoms with E-state index in [0.29, 0.717) is 0 Å². The molecule has 214 valence electrons. The first-order valence-corrected chi connectivity index (χ1v) is 13.4. The fourth-order valence-corrected chi connectivity index (χ4v) is 9.06. The number of benzene rings is 4. The Morgan fingerprint density at radius 1 is 0.526 bits per heavy atom. The summed E-state index contributed by atoms with van der Waals surface area (Å²) in [6.45, 7) is 2.97. The standard InChI is InChI=1S/C29H31OP.6FH.Sb.3H/c1-2-3-23-30-26-21-19-25(20-22-26)24-31(27-13-7-4-8-14-27,28-15-9-5-10-16-28)29-17-11-6-12-18-29;;;;;;;;;;/h4-22,31H,2-3,23-24H2,1H3;6*1H;;;;. The van der Waals surface area contributed by atoms with Gasteiger partial charge in [0, 0.05) is 0 Å². The maximum absolute atomic E-state index is 5.90. The second kappa shape index (κ2) is 21.4. The molecule has 0 aliphatic carbocycles. The first kappa shape index (κ1) is 42.6. The molecule has 0 spiro atoms. The van der Waals surface area contributed by atoms with Crippen molar-refractivity contribution >= 4 is 47.6 Å². The van der Waals surface area contributed by atoms with Crippen molar-refractivity contribution < 1.29 is 33.0 Å². The molecule has 0 bridgehead atoms. The first-order valence-electron chi connectivity index (χ1n) is 11.2. The van der Waals surface area contributed by atoms with Crippen molar-refractivity contribution in [1.29, 1.82) is 0 Å². The second-order valence-electron chi connectivity index (χ2n) is 8.03. The van der Waals surface area contributed by atoms with Gasteiger partial charge in [-0.05, 0) is 0 Å². The Balaban J connectivity index is -0.000000826. The van der Waals surface area contributed by atoms with E-state index in [4.69, 9.17) is 4.74 Å². The van der Waals surface area contributed by atoms with Crippen molar-refractivity contribution in [3.8, 4) is 5.75 Å². The summed E-state index contributed by atoms with van der Waals surface area (Å²) < 4.78 is 5.90. The Morgan fingerprint density at radius 3 is 1.24 bits per heavy atom. The molecule has 1 nitrogen and oxygen atoms in total. The number of hydrogen-bond donors (Lipinski definition) is 0. The van der Waals surface area contributed by atoms with Gasteiger partial charge in [-0.25, -0.2) is 0 Å². The number of hydrogen-bond acceptors (Lipinski definition) is 1. The minimum atomic E-state index is -2.25. The van der Waals surface area contributed by atoms with Crippen LogP contribution in [0.1, 0.15) is 25.3 Å². The molecule has 0 saturated carbocycles. The van der Waals surface area contributed by atoms with Gasteiger partial charge in [-0.15, -0.1) is 0 Å². The average molecular weight is 671 g/mol. The Bertz CT molecular complexity index is 978. The van der Waals surface area contributed by atoms with Gasteiger partial charge in [0.15, 0.2) is 0 Å². The molecule has 38 heavy (non-hydrogen) atoms. The zero-order valence-electron chi connectivity index (χ0n) is 21.4. The molecule has 0 aliphatic rings. The molecule has 0 unspecified atom stereocenters. The van der Waals surface area contributed by atoms with E-state index in [1.165, 1.54) is 21.5 Å². The molecule has 0 aromatic heterocycles. The van der Waals surface area contributed by atoms with Crippen molar-refractivity contribution in [2.75, 3.05) is 6.61 Å². The van der Waals surface area contributed by atoms with E-state index in [9.17, 15) is 0 Å². The predicted molar refractivity (Wildman–Crippen MR) is 162 cm³/mol. The third kappa shape index (κ3) is 10.00. The number of ether oxygens (including phenoxy) is 1. The van der Waals surface area contributed by atoms with Gasteiger partial charge >= 0.3 is 211 Å². The van der Waals surface area contributed by atoms with Gasteiger partial charge in [0.05, 0.1) is 0 Å². The van der Waals surface area contributed by atoms with E-state index in [2.05, 4.69) is 122 Å². The topological polar surface area (TPSA) is 9.23 Å². The molecular formula is C29H40F6OPSb. The van der Waals surface area contributed by atoms with Crippen molar-refractivity contribution in [2.24, 2.45) is 0 Å². The van der Waals surface area contributed by atoms with Crippen molar-refractivity contribution in [1.82, 2.24) is 0 Å². The molecule has 0 amide bonds. The molecule has 9 heteroatoms. The van der Waals surface area contributed by atoms with Gasteiger partial charge < -0.3 is 0 Å². The molecule has 4 aromatic rings. The Hall–Kier alpha value is -2.49. The van der Waals surface area contributed by atoms with E-state index >= 15 is 0 Å². The van der Waals surface area contributed by atoms with Gasteiger partial charge in [-0.2, -0.15) is 0 Å². The summed E-state index contributed by atoms with van der Waals surface area (Å²) in [5.41, 5.74) is 1.35. The molecule has 0 aliphatic heterocycles. The molecule has 4 aromatic carbocycles. The fourth-order valence-electron chi connectivity index (χ4n) is 4.32. The average Bonchev–Trinajstić information content (AvgIpc) is 2.85. The maximum atomic E-state index is 5.90. The van der Waals surface area contributed by atoms with Crippen LogP contribution >= 0.6 is 7.26 Å². The van der Waals surface area contributed by atoms with Crippen LogP contribution in [0.2, 0.25) is 0 Å². The van der Waals surface area contributed by atoms with Gasteiger partial charge in [-0.1, -0.05) is 0 Å². The summed E-state index contributed by atoms with van der Waals surface area (Å²) in [6, 6.07) is 42.0. The monoisotopic (exact) mass is 670 g/mol. The van der Waals surface area contributed by atoms with Crippen LogP contribution in [0.25, 0.3) is 0 Å². The van der Waals surface area contributed by atoms with Crippen LogP contribution in [0.4, 0.5) is 28.2 Å². The van der Waals surface area contributed by atoms with Crippen molar-refractivity contribution in [3.05, 3.63) is 121 Å². The molecule has 0 heterocycles. The molecule has 0 atom stereocenters. The summed E-state index contributed by atoms with van der Waals surface area (Å²) in [5, 5.41) is 4.32. The zero-order chi connectivity index (χ0) is 21.4. The molecule has 4 rings (SSSR count). The second-order valence-corrected chi connectivity index (χ2v) is 11.9. The first-order chi connectivity index (χ1) is 15.3. The van der Waals surface area contributed by atoms with Gasteiger partial charge in [-0.3, -0.25) is 28.2 Å². The third-order valence-electron chi connectivity index (χ3n) is 5.96. The summed E-state index contributed by atoms with van der Waals surface area (Å²) >= 11 is 0. The van der Waals surface area contributed by atoms with Crippen LogP contribution < -0.4 is 20.7 Å². The normalized spacial score (nSPS) is 9.61. The molecule has 0 radical (unpaired) electrons. The van der Waals surface area contributed by atoms with E-state index in [0.717, 1.165) is 31.4 Å². The van der Waals surface area contributed by atoms with E-state index in [-0.39, 0.29) is 52.7 Å². The summed E-state index contributed by atoms with van der Waals surface area (Å²) in [7, 11) is -2.25. The fraction of sp³-hybridized carbons (Fsp3) is 0.172. The predicted octanol–water partition coefficient (Wildman–Crippen LogP) is 5.82. The van der Waals surface area contributed by atoms with Gasteiger partial charge in [0.2, 0.25) is 0 Å². The van der Waals surface area contributed by atoms with Crippen molar-refractivity contribution in [3.63, 3.8) is 0 Å². The molecule has 0 saturated heterocycles. The summed E-state index contributed by atoms with van der Waals surface area (Å²) in [4.78, 5) is 0. The van der Waals surface area contributed by atoms with E-state index in [1.807, 2.05) is 0 Å². The van der Waals surface area contributed by atoms with Crippen LogP contribution in [0, 0.1) is 0 Å². The summed E-state index contributed by atoms with van der Waals surface area (Å²) in [5.74, 6) is 0.962. The number of unbranched alkanes of at least 4 members (excludes halogenated alkanes) is 1. The van der Waals surface area contributed by atoms with Gasteiger partial charge in [0.1, 0.15) is 0 Å². The van der Waals surface area contributed by atoms with E-state index in [1.54, 1.807) is 0 Å². The molecule has 0 N–H and O–H groups in total. The third-order valence-corrected chi connectivity index (χ3v) is 10.9. The van der Waals surface area contributed by atoms with Crippen LogP contribution in [0.15, 0.2) is 115 Å². The quantitative estimate of drug-likeness (QED) is 0.0944. The van der Waals surface area contributed by atoms with E-state index < -0.39 is 7.26 Å². The SMILES string of the molecule is CCCCOc1ccc(C[PH](c2ccccc2)(c2ccccc2)c2ccccc2)cc1.F.F.F.F.F.F.[SbH3].